The highest BCUT2D eigenvalue weighted by Gasteiger charge is 2.24. The van der Waals surface area contributed by atoms with Crippen LogP contribution >= 0.6 is 0 Å². The van der Waals surface area contributed by atoms with Crippen LogP contribution in [0.4, 0.5) is 0 Å². The molecule has 1 heterocycles. The van der Waals surface area contributed by atoms with Crippen LogP contribution in [0.5, 0.6) is 0 Å². The van der Waals surface area contributed by atoms with E-state index in [2.05, 4.69) is 6.58 Å². The Hall–Kier alpha value is -1.83. The van der Waals surface area contributed by atoms with Gasteiger partial charge in [0.1, 0.15) is 6.10 Å². The van der Waals surface area contributed by atoms with E-state index in [4.69, 9.17) is 4.74 Å². The zero-order chi connectivity index (χ0) is 10.7. The molecule has 0 amide bonds. The van der Waals surface area contributed by atoms with Gasteiger partial charge in [0.2, 0.25) is 0 Å². The lowest BCUT2D eigenvalue weighted by atomic mass is 10.1. The van der Waals surface area contributed by atoms with E-state index < -0.39 is 0 Å². The van der Waals surface area contributed by atoms with Crippen molar-refractivity contribution in [1.29, 1.82) is 0 Å². The van der Waals surface area contributed by atoms with Crippen LogP contribution < -0.4 is 0 Å². The van der Waals surface area contributed by atoms with E-state index in [1.807, 2.05) is 42.5 Å². The maximum atomic E-state index is 11.0. The van der Waals surface area contributed by atoms with Gasteiger partial charge in [-0.3, -0.25) is 0 Å². The van der Waals surface area contributed by atoms with Gasteiger partial charge in [0, 0.05) is 12.0 Å². The van der Waals surface area contributed by atoms with Crippen LogP contribution in [-0.2, 0) is 9.53 Å². The fourth-order valence-electron chi connectivity index (χ4n) is 1.48. The van der Waals surface area contributed by atoms with E-state index in [9.17, 15) is 4.79 Å². The summed E-state index contributed by atoms with van der Waals surface area (Å²) < 4.78 is 5.07. The number of carbonyl (C=O) groups is 1. The molecule has 0 radical (unpaired) electrons. The number of hydrogen-bond acceptors (Lipinski definition) is 2. The smallest absolute Gasteiger partial charge is 0.334 e. The molecule has 1 unspecified atom stereocenters. The molecule has 0 N–H and O–H groups in total. The number of benzene rings is 1. The molecule has 1 aromatic carbocycles. The first-order valence-electron chi connectivity index (χ1n) is 4.88. The summed E-state index contributed by atoms with van der Waals surface area (Å²) in [6.45, 7) is 3.63. The molecule has 2 rings (SSSR count). The second kappa shape index (κ2) is 4.13. The first kappa shape index (κ1) is 9.71. The van der Waals surface area contributed by atoms with Gasteiger partial charge in [-0.2, -0.15) is 0 Å². The molecule has 0 aliphatic carbocycles. The summed E-state index contributed by atoms with van der Waals surface area (Å²) >= 11 is 0. The summed E-state index contributed by atoms with van der Waals surface area (Å²) in [4.78, 5) is 11.0. The number of ether oxygens (including phenoxy) is 1. The van der Waals surface area contributed by atoms with E-state index in [0.717, 1.165) is 5.56 Å². The van der Waals surface area contributed by atoms with Crippen LogP contribution in [0.1, 0.15) is 12.0 Å². The number of rotatable bonds is 2. The molecule has 1 saturated heterocycles. The Morgan fingerprint density at radius 3 is 2.67 bits per heavy atom. The van der Waals surface area contributed by atoms with Crippen LogP contribution in [0.25, 0.3) is 6.08 Å². The molecule has 1 aliphatic rings. The summed E-state index contributed by atoms with van der Waals surface area (Å²) in [7, 11) is 0. The molecular formula is C13H12O2. The lowest BCUT2D eigenvalue weighted by molar-refractivity contribution is -0.137. The highest BCUT2D eigenvalue weighted by molar-refractivity contribution is 5.90. The van der Waals surface area contributed by atoms with Crippen LogP contribution in [-0.4, -0.2) is 12.1 Å². The molecule has 0 spiro atoms. The van der Waals surface area contributed by atoms with Gasteiger partial charge in [0.15, 0.2) is 0 Å². The molecule has 76 valence electrons. The largest absolute Gasteiger partial charge is 0.454 e. The van der Waals surface area contributed by atoms with Gasteiger partial charge in [-0.15, -0.1) is 0 Å². The van der Waals surface area contributed by atoms with Crippen molar-refractivity contribution in [3.63, 3.8) is 0 Å². The van der Waals surface area contributed by atoms with Crippen molar-refractivity contribution < 1.29 is 9.53 Å². The summed E-state index contributed by atoms with van der Waals surface area (Å²) in [5.41, 5.74) is 1.66. The van der Waals surface area contributed by atoms with E-state index in [-0.39, 0.29) is 12.1 Å². The van der Waals surface area contributed by atoms with E-state index in [1.54, 1.807) is 0 Å². The second-order valence-corrected chi connectivity index (χ2v) is 3.52. The summed E-state index contributed by atoms with van der Waals surface area (Å²) in [6, 6.07) is 9.91. The monoisotopic (exact) mass is 200 g/mol. The third kappa shape index (κ3) is 2.34. The number of hydrogen-bond donors (Lipinski definition) is 0. The maximum absolute atomic E-state index is 11.0. The molecule has 2 nitrogen and oxygen atoms in total. The fraction of sp³-hybridized carbons (Fsp3) is 0.154. The van der Waals surface area contributed by atoms with Crippen molar-refractivity contribution in [2.75, 3.05) is 0 Å². The first-order valence-corrected chi connectivity index (χ1v) is 4.88. The highest BCUT2D eigenvalue weighted by atomic mass is 16.5. The first-order chi connectivity index (χ1) is 7.25. The standard InChI is InChI=1S/C13H12O2/c1-10-9-12(15-13(10)14)8-7-11-5-3-2-4-6-11/h2-8,12H,1,9H2. The molecule has 1 atom stereocenters. The predicted octanol–water partition coefficient (Wildman–Crippen LogP) is 2.57. The minimum atomic E-state index is -0.280. The SMILES string of the molecule is C=C1CC(C=Cc2ccccc2)OC1=O. The normalized spacial score (nSPS) is 20.9. The lowest BCUT2D eigenvalue weighted by Crippen LogP contribution is -2.01. The lowest BCUT2D eigenvalue weighted by Gasteiger charge is -2.00. The van der Waals surface area contributed by atoms with Gasteiger partial charge in [-0.1, -0.05) is 43.0 Å². The Labute approximate surface area is 88.9 Å². The van der Waals surface area contributed by atoms with Gasteiger partial charge in [-0.25, -0.2) is 4.79 Å². The summed E-state index contributed by atoms with van der Waals surface area (Å²) in [6.07, 6.45) is 4.30. The Morgan fingerprint density at radius 2 is 2.07 bits per heavy atom. The Bertz CT molecular complexity index is 388. The van der Waals surface area contributed by atoms with Crippen LogP contribution in [0.3, 0.4) is 0 Å². The summed E-state index contributed by atoms with van der Waals surface area (Å²) in [5.74, 6) is -0.280. The molecule has 1 aromatic rings. The minimum Gasteiger partial charge on any atom is -0.454 e. The summed E-state index contributed by atoms with van der Waals surface area (Å²) in [5, 5.41) is 0. The average molecular weight is 200 g/mol. The van der Waals surface area contributed by atoms with Gasteiger partial charge >= 0.3 is 5.97 Å². The molecule has 1 aliphatic heterocycles. The molecule has 0 bridgehead atoms. The average Bonchev–Trinajstić information content (AvgIpc) is 2.57. The quantitative estimate of drug-likeness (QED) is 0.541. The van der Waals surface area contributed by atoms with Crippen molar-refractivity contribution in [3.8, 4) is 0 Å². The molecule has 15 heavy (non-hydrogen) atoms. The van der Waals surface area contributed by atoms with E-state index >= 15 is 0 Å². The van der Waals surface area contributed by atoms with Gasteiger partial charge in [-0.05, 0) is 11.6 Å². The molecule has 0 aromatic heterocycles. The zero-order valence-corrected chi connectivity index (χ0v) is 8.35. The van der Waals surface area contributed by atoms with Crippen LogP contribution in [0, 0.1) is 0 Å². The molecule has 2 heteroatoms. The molecule has 1 fully saturated rings. The minimum absolute atomic E-state index is 0.148. The van der Waals surface area contributed by atoms with Crippen molar-refractivity contribution in [2.45, 2.75) is 12.5 Å². The van der Waals surface area contributed by atoms with Crippen LogP contribution in [0.15, 0.2) is 48.6 Å². The Balaban J connectivity index is 2.02. The Morgan fingerprint density at radius 1 is 1.33 bits per heavy atom. The maximum Gasteiger partial charge on any atom is 0.334 e. The van der Waals surface area contributed by atoms with Crippen molar-refractivity contribution in [3.05, 3.63) is 54.1 Å². The number of carbonyl (C=O) groups excluding carboxylic acids is 1. The van der Waals surface area contributed by atoms with Crippen molar-refractivity contribution in [1.82, 2.24) is 0 Å². The Kier molecular flexibility index (Phi) is 2.68. The zero-order valence-electron chi connectivity index (χ0n) is 8.35. The van der Waals surface area contributed by atoms with Gasteiger partial charge in [0.25, 0.3) is 0 Å². The number of esters is 1. The highest BCUT2D eigenvalue weighted by Crippen LogP contribution is 2.20. The number of cyclic esters (lactones) is 1. The third-order valence-electron chi connectivity index (χ3n) is 2.30. The van der Waals surface area contributed by atoms with Crippen molar-refractivity contribution >= 4 is 12.0 Å². The van der Waals surface area contributed by atoms with E-state index in [1.165, 1.54) is 0 Å². The van der Waals surface area contributed by atoms with Crippen molar-refractivity contribution in [2.24, 2.45) is 0 Å². The van der Waals surface area contributed by atoms with Crippen LogP contribution in [0.2, 0.25) is 0 Å². The predicted molar refractivity (Wildman–Crippen MR) is 59.1 cm³/mol. The fourth-order valence-corrected chi connectivity index (χ4v) is 1.48. The third-order valence-corrected chi connectivity index (χ3v) is 2.30. The van der Waals surface area contributed by atoms with Gasteiger partial charge < -0.3 is 4.74 Å². The molecule has 0 saturated carbocycles. The van der Waals surface area contributed by atoms with Gasteiger partial charge in [0.05, 0.1) is 0 Å². The topological polar surface area (TPSA) is 26.3 Å². The molecular weight excluding hydrogens is 188 g/mol. The second-order valence-electron chi connectivity index (χ2n) is 3.52. The van der Waals surface area contributed by atoms with E-state index in [0.29, 0.717) is 12.0 Å².